The van der Waals surface area contributed by atoms with E-state index >= 15 is 0 Å². The van der Waals surface area contributed by atoms with Gasteiger partial charge >= 0.3 is 0 Å². The van der Waals surface area contributed by atoms with E-state index in [1.54, 1.807) is 0 Å². The third kappa shape index (κ3) is 5.12. The van der Waals surface area contributed by atoms with E-state index in [-0.39, 0.29) is 12.2 Å². The first-order chi connectivity index (χ1) is 15.6. The van der Waals surface area contributed by atoms with Crippen molar-refractivity contribution in [3.05, 3.63) is 70.8 Å². The monoisotopic (exact) mass is 432 g/mol. The highest BCUT2D eigenvalue weighted by Gasteiger charge is 2.31. The number of allylic oxidation sites excluding steroid dienone is 1. The van der Waals surface area contributed by atoms with Crippen molar-refractivity contribution >= 4 is 5.57 Å². The quantitative estimate of drug-likeness (QED) is 0.373. The highest BCUT2D eigenvalue weighted by atomic mass is 16.7. The molecule has 3 unspecified atom stereocenters. The fourth-order valence-electron chi connectivity index (χ4n) is 5.26. The van der Waals surface area contributed by atoms with Crippen LogP contribution in [0.4, 0.5) is 0 Å². The SMILES string of the molecule is CCc1cccc2c1CC=C2C(C)C(Oc1ccc(C(C)CC)cc1)OC1CCCCC1. The van der Waals surface area contributed by atoms with Gasteiger partial charge in [-0.1, -0.05) is 83.4 Å². The molecule has 1 fully saturated rings. The summed E-state index contributed by atoms with van der Waals surface area (Å²) in [6.45, 7) is 9.04. The van der Waals surface area contributed by atoms with Crippen LogP contribution in [0.1, 0.15) is 94.4 Å². The summed E-state index contributed by atoms with van der Waals surface area (Å²) in [5.41, 5.74) is 7.10. The van der Waals surface area contributed by atoms with Crippen LogP contribution in [0.3, 0.4) is 0 Å². The molecule has 172 valence electrons. The van der Waals surface area contributed by atoms with Gasteiger partial charge in [-0.05, 0) is 78.0 Å². The largest absolute Gasteiger partial charge is 0.464 e. The van der Waals surface area contributed by atoms with Gasteiger partial charge in [-0.2, -0.15) is 0 Å². The van der Waals surface area contributed by atoms with Crippen LogP contribution in [-0.2, 0) is 17.6 Å². The lowest BCUT2D eigenvalue weighted by atomic mass is 9.92. The number of hydrogen-bond donors (Lipinski definition) is 0. The van der Waals surface area contributed by atoms with Crippen LogP contribution in [0.5, 0.6) is 5.75 Å². The van der Waals surface area contributed by atoms with E-state index in [9.17, 15) is 0 Å². The maximum Gasteiger partial charge on any atom is 0.206 e. The molecule has 0 saturated heterocycles. The molecule has 0 aromatic heterocycles. The van der Waals surface area contributed by atoms with E-state index in [2.05, 4.69) is 76.2 Å². The molecule has 2 aliphatic rings. The molecule has 0 bridgehead atoms. The van der Waals surface area contributed by atoms with Crippen LogP contribution in [0.2, 0.25) is 0 Å². The smallest absolute Gasteiger partial charge is 0.206 e. The maximum atomic E-state index is 6.68. The topological polar surface area (TPSA) is 18.5 Å². The van der Waals surface area contributed by atoms with E-state index in [1.807, 2.05) is 0 Å². The van der Waals surface area contributed by atoms with Gasteiger partial charge in [0.05, 0.1) is 6.10 Å². The minimum absolute atomic E-state index is 0.180. The number of benzene rings is 2. The van der Waals surface area contributed by atoms with Crippen molar-refractivity contribution in [1.82, 2.24) is 0 Å². The summed E-state index contributed by atoms with van der Waals surface area (Å²) >= 11 is 0. The predicted molar refractivity (Wildman–Crippen MR) is 134 cm³/mol. The van der Waals surface area contributed by atoms with Crippen LogP contribution < -0.4 is 4.74 Å². The molecule has 0 heterocycles. The van der Waals surface area contributed by atoms with Gasteiger partial charge in [0, 0.05) is 5.92 Å². The van der Waals surface area contributed by atoms with E-state index in [1.165, 1.54) is 47.1 Å². The lowest BCUT2D eigenvalue weighted by Gasteiger charge is -2.32. The second-order valence-electron chi connectivity index (χ2n) is 9.71. The molecule has 2 aromatic carbocycles. The second kappa shape index (κ2) is 10.7. The second-order valence-corrected chi connectivity index (χ2v) is 9.71. The van der Waals surface area contributed by atoms with E-state index in [0.29, 0.717) is 12.0 Å². The van der Waals surface area contributed by atoms with Crippen molar-refractivity contribution in [3.8, 4) is 5.75 Å². The summed E-state index contributed by atoms with van der Waals surface area (Å²) in [5, 5.41) is 0. The first-order valence-corrected chi connectivity index (χ1v) is 12.8. The summed E-state index contributed by atoms with van der Waals surface area (Å²) < 4.78 is 13.2. The lowest BCUT2D eigenvalue weighted by molar-refractivity contribution is -0.143. The Morgan fingerprint density at radius 2 is 1.69 bits per heavy atom. The highest BCUT2D eigenvalue weighted by molar-refractivity contribution is 5.75. The third-order valence-electron chi connectivity index (χ3n) is 7.58. The number of fused-ring (bicyclic) bond motifs is 1. The number of aryl methyl sites for hydroxylation is 1. The maximum absolute atomic E-state index is 6.68. The zero-order valence-electron chi connectivity index (χ0n) is 20.4. The predicted octanol–water partition coefficient (Wildman–Crippen LogP) is 8.09. The highest BCUT2D eigenvalue weighted by Crippen LogP contribution is 2.38. The van der Waals surface area contributed by atoms with Gasteiger partial charge in [0.15, 0.2) is 0 Å². The summed E-state index contributed by atoms with van der Waals surface area (Å²) in [4.78, 5) is 0. The molecule has 0 aliphatic heterocycles. The summed E-state index contributed by atoms with van der Waals surface area (Å²) in [7, 11) is 0. The van der Waals surface area contributed by atoms with E-state index in [4.69, 9.17) is 9.47 Å². The van der Waals surface area contributed by atoms with Crippen molar-refractivity contribution in [2.75, 3.05) is 0 Å². The van der Waals surface area contributed by atoms with Crippen molar-refractivity contribution < 1.29 is 9.47 Å². The third-order valence-corrected chi connectivity index (χ3v) is 7.58. The first-order valence-electron chi connectivity index (χ1n) is 12.8. The average Bonchev–Trinajstić information content (AvgIpc) is 3.28. The molecule has 32 heavy (non-hydrogen) atoms. The molecule has 0 N–H and O–H groups in total. The average molecular weight is 433 g/mol. The molecular weight excluding hydrogens is 392 g/mol. The van der Waals surface area contributed by atoms with Crippen LogP contribution >= 0.6 is 0 Å². The number of ether oxygens (including phenoxy) is 2. The Labute approximate surface area is 195 Å². The Balaban J connectivity index is 1.56. The Morgan fingerprint density at radius 3 is 2.38 bits per heavy atom. The zero-order valence-corrected chi connectivity index (χ0v) is 20.4. The van der Waals surface area contributed by atoms with Gasteiger partial charge in [-0.15, -0.1) is 0 Å². The zero-order chi connectivity index (χ0) is 22.5. The molecule has 0 radical (unpaired) electrons. The van der Waals surface area contributed by atoms with Crippen molar-refractivity contribution in [2.24, 2.45) is 5.92 Å². The standard InChI is InChI=1S/C30H40O2/c1-5-21(3)24-15-17-26(18-16-24)32-30(31-25-12-8-7-9-13-25)22(4)27-19-20-28-23(6-2)11-10-14-29(27)28/h10-11,14-19,21-22,25,30H,5-9,12-13,20H2,1-4H3. The Bertz CT molecular complexity index is 905. The van der Waals surface area contributed by atoms with Crippen LogP contribution in [0.15, 0.2) is 48.5 Å². The minimum Gasteiger partial charge on any atom is -0.464 e. The van der Waals surface area contributed by atoms with Crippen molar-refractivity contribution in [3.63, 3.8) is 0 Å². The number of rotatable bonds is 9. The molecule has 2 heteroatoms. The number of hydrogen-bond acceptors (Lipinski definition) is 2. The molecule has 2 aliphatic carbocycles. The first kappa shape index (κ1) is 23.1. The molecule has 0 amide bonds. The Hall–Kier alpha value is -2.06. The van der Waals surface area contributed by atoms with Gasteiger partial charge in [-0.25, -0.2) is 0 Å². The molecule has 2 aromatic rings. The van der Waals surface area contributed by atoms with Gasteiger partial charge in [0.1, 0.15) is 5.75 Å². The molecule has 0 spiro atoms. The van der Waals surface area contributed by atoms with Crippen LogP contribution in [-0.4, -0.2) is 12.4 Å². The van der Waals surface area contributed by atoms with Crippen LogP contribution in [0.25, 0.3) is 5.57 Å². The van der Waals surface area contributed by atoms with Gasteiger partial charge in [0.2, 0.25) is 6.29 Å². The lowest BCUT2D eigenvalue weighted by Crippen LogP contribution is -2.34. The normalized spacial score (nSPS) is 19.2. The molecule has 2 nitrogen and oxygen atoms in total. The van der Waals surface area contributed by atoms with E-state index < -0.39 is 0 Å². The molecule has 3 atom stereocenters. The summed E-state index contributed by atoms with van der Waals surface area (Å²) in [6, 6.07) is 15.4. The molecular formula is C30H40O2. The molecule has 1 saturated carbocycles. The van der Waals surface area contributed by atoms with Crippen molar-refractivity contribution in [2.45, 2.75) is 97.4 Å². The van der Waals surface area contributed by atoms with Crippen LogP contribution in [0, 0.1) is 5.92 Å². The van der Waals surface area contributed by atoms with E-state index in [0.717, 1.165) is 37.9 Å². The summed E-state index contributed by atoms with van der Waals surface area (Å²) in [5.74, 6) is 1.66. The Kier molecular flexibility index (Phi) is 7.73. The Morgan fingerprint density at radius 1 is 0.938 bits per heavy atom. The van der Waals surface area contributed by atoms with Gasteiger partial charge in [-0.3, -0.25) is 0 Å². The van der Waals surface area contributed by atoms with Gasteiger partial charge in [0.25, 0.3) is 0 Å². The minimum atomic E-state index is -0.268. The fraction of sp³-hybridized carbons (Fsp3) is 0.533. The fourth-order valence-corrected chi connectivity index (χ4v) is 5.26. The summed E-state index contributed by atoms with van der Waals surface area (Å²) in [6.07, 6.45) is 11.9. The molecule has 4 rings (SSSR count). The van der Waals surface area contributed by atoms with Gasteiger partial charge < -0.3 is 9.47 Å². The van der Waals surface area contributed by atoms with Crippen molar-refractivity contribution in [1.29, 1.82) is 0 Å².